The number of rotatable bonds is 37. The maximum absolute atomic E-state index is 2.29. The molecule has 0 amide bonds. The molecule has 0 radical (unpaired) electrons. The molecule has 0 aromatic carbocycles. The zero-order valence-corrected chi connectivity index (χ0v) is 37.0. The molecule has 0 aromatic rings. The Labute approximate surface area is 317 Å². The van der Waals surface area contributed by atoms with Crippen LogP contribution in [0.1, 0.15) is 319 Å². The van der Waals surface area contributed by atoms with Gasteiger partial charge in [0.05, 0.1) is 0 Å². The van der Waals surface area contributed by atoms with E-state index in [1.807, 2.05) is 0 Å². The third kappa shape index (κ3) is 74.2. The van der Waals surface area contributed by atoms with Crippen molar-refractivity contribution >= 4 is 0 Å². The zero-order valence-electron chi connectivity index (χ0n) is 37.0. The van der Waals surface area contributed by atoms with E-state index >= 15 is 0 Å². The molecule has 0 N–H and O–H groups in total. The molecule has 0 saturated heterocycles. The Morgan fingerprint density at radius 3 is 0.224 bits per heavy atom. The second-order valence-corrected chi connectivity index (χ2v) is 15.7. The first-order valence-electron chi connectivity index (χ1n) is 24.2. The first-order valence-corrected chi connectivity index (χ1v) is 24.2. The largest absolute Gasteiger partial charge is 0.0654 e. The van der Waals surface area contributed by atoms with Gasteiger partial charge in [-0.2, -0.15) is 0 Å². The Bertz CT molecular complexity index is 399. The smallest absolute Gasteiger partial charge is 0.0533 e. The van der Waals surface area contributed by atoms with E-state index in [9.17, 15) is 0 Å². The molecule has 0 fully saturated rings. The molecule has 0 aliphatic rings. The fourth-order valence-corrected chi connectivity index (χ4v) is 6.42. The summed E-state index contributed by atoms with van der Waals surface area (Å²) in [6.45, 7) is 18.2. The first-order chi connectivity index (χ1) is 24.2. The van der Waals surface area contributed by atoms with Gasteiger partial charge in [-0.25, -0.2) is 0 Å². The van der Waals surface area contributed by atoms with E-state index in [0.717, 1.165) is 0 Å². The maximum atomic E-state index is 2.29. The molecule has 0 aromatic heterocycles. The zero-order chi connectivity index (χ0) is 37.0. The van der Waals surface area contributed by atoms with Crippen LogP contribution in [-0.2, 0) is 0 Å². The van der Waals surface area contributed by atoms with E-state index in [2.05, 4.69) is 55.4 Å². The molecule has 0 nitrogen and oxygen atoms in total. The van der Waals surface area contributed by atoms with Gasteiger partial charge in [0.2, 0.25) is 0 Å². The summed E-state index contributed by atoms with van der Waals surface area (Å²) in [5, 5.41) is 0. The van der Waals surface area contributed by atoms with Crippen LogP contribution in [0.2, 0.25) is 0 Å². The standard InChI is InChI=1S/C16H34.C12H26.C11H24.C10H22/c1-3-5-7-9-11-13-15-16-14-12-10-8-6-4-2;1-3-5-7-9-11-12-10-8-6-4-2;1-3-5-7-9-11-10-8-6-4-2;1-3-5-7-9-10-8-6-4-2/h3-16H2,1-2H3;3-12H2,1-2H3;3-11H2,1-2H3;3-10H2,1-2H3. The van der Waals surface area contributed by atoms with E-state index in [1.165, 1.54) is 263 Å². The molecule has 0 bridgehead atoms. The Balaban J connectivity index is -0.000000280. The Hall–Kier alpha value is 0. The molecular weight excluding hydrogens is 589 g/mol. The molecule has 0 heteroatoms. The third-order valence-corrected chi connectivity index (χ3v) is 10.1. The SMILES string of the molecule is CCCCCCCCCC.CCCCCCCCCCC.CCCCCCCCCCCC.CCCCCCCCCCCCCCCC. The lowest BCUT2D eigenvalue weighted by atomic mass is 10.0. The minimum atomic E-state index is 1.37. The van der Waals surface area contributed by atoms with E-state index in [4.69, 9.17) is 0 Å². The van der Waals surface area contributed by atoms with Crippen molar-refractivity contribution in [2.24, 2.45) is 0 Å². The summed E-state index contributed by atoms with van der Waals surface area (Å²) in [6, 6.07) is 0. The maximum Gasteiger partial charge on any atom is -0.0533 e. The average Bonchev–Trinajstić information content (AvgIpc) is 3.12. The molecule has 0 aliphatic heterocycles. The number of hydrogen-bond acceptors (Lipinski definition) is 0. The molecule has 0 saturated carbocycles. The Kier molecular flexibility index (Phi) is 71.8. The van der Waals surface area contributed by atoms with Gasteiger partial charge in [0.15, 0.2) is 0 Å². The molecule has 0 spiro atoms. The Morgan fingerprint density at radius 1 is 0.102 bits per heavy atom. The summed E-state index contributed by atoms with van der Waals surface area (Å²) < 4.78 is 0. The number of unbranched alkanes of at least 4 members (excludes halogenated alkanes) is 37. The average molecular weight is 695 g/mol. The molecule has 302 valence electrons. The van der Waals surface area contributed by atoms with E-state index in [1.54, 1.807) is 0 Å². The van der Waals surface area contributed by atoms with Gasteiger partial charge in [-0.3, -0.25) is 0 Å². The van der Waals surface area contributed by atoms with Gasteiger partial charge in [0.25, 0.3) is 0 Å². The highest BCUT2D eigenvalue weighted by Gasteiger charge is 1.94. The molecular formula is C49H106. The van der Waals surface area contributed by atoms with Gasteiger partial charge in [0, 0.05) is 0 Å². The lowest BCUT2D eigenvalue weighted by molar-refractivity contribution is 0.538. The van der Waals surface area contributed by atoms with Gasteiger partial charge < -0.3 is 0 Å². The van der Waals surface area contributed by atoms with Gasteiger partial charge in [0.1, 0.15) is 0 Å². The summed E-state index contributed by atoms with van der Waals surface area (Å²) in [5.41, 5.74) is 0. The third-order valence-electron chi connectivity index (χ3n) is 10.1. The molecule has 49 heavy (non-hydrogen) atoms. The van der Waals surface area contributed by atoms with Crippen LogP contribution in [0, 0.1) is 0 Å². The normalized spacial score (nSPS) is 10.5. The lowest BCUT2D eigenvalue weighted by Gasteiger charge is -2.02. The predicted molar refractivity (Wildman–Crippen MR) is 235 cm³/mol. The van der Waals surface area contributed by atoms with Crippen molar-refractivity contribution in [1.29, 1.82) is 0 Å². The van der Waals surface area contributed by atoms with Crippen LogP contribution >= 0.6 is 0 Å². The Morgan fingerprint density at radius 2 is 0.163 bits per heavy atom. The fourth-order valence-electron chi connectivity index (χ4n) is 6.42. The van der Waals surface area contributed by atoms with E-state index in [0.29, 0.717) is 0 Å². The van der Waals surface area contributed by atoms with Crippen LogP contribution in [0.5, 0.6) is 0 Å². The molecule has 0 rings (SSSR count). The van der Waals surface area contributed by atoms with E-state index in [-0.39, 0.29) is 0 Å². The van der Waals surface area contributed by atoms with Crippen LogP contribution in [-0.4, -0.2) is 0 Å². The van der Waals surface area contributed by atoms with Crippen molar-refractivity contribution in [3.63, 3.8) is 0 Å². The van der Waals surface area contributed by atoms with Crippen molar-refractivity contribution in [2.45, 2.75) is 319 Å². The highest BCUT2D eigenvalue weighted by atomic mass is 14.0. The van der Waals surface area contributed by atoms with Crippen molar-refractivity contribution in [3.8, 4) is 0 Å². The summed E-state index contributed by atoms with van der Waals surface area (Å²) in [5.74, 6) is 0. The number of hydrogen-bond donors (Lipinski definition) is 0. The fraction of sp³-hybridized carbons (Fsp3) is 1.00. The highest BCUT2D eigenvalue weighted by Crippen LogP contribution is 2.13. The summed E-state index contributed by atoms with van der Waals surface area (Å²) in [7, 11) is 0. The monoisotopic (exact) mass is 695 g/mol. The van der Waals surface area contributed by atoms with Crippen LogP contribution in [0.3, 0.4) is 0 Å². The predicted octanol–water partition coefficient (Wildman–Crippen LogP) is 20.1. The summed E-state index contributed by atoms with van der Waals surface area (Å²) in [6.07, 6.45) is 59.3. The summed E-state index contributed by atoms with van der Waals surface area (Å²) >= 11 is 0. The quantitative estimate of drug-likeness (QED) is 0.0568. The van der Waals surface area contributed by atoms with Gasteiger partial charge >= 0.3 is 0 Å². The van der Waals surface area contributed by atoms with Crippen molar-refractivity contribution in [1.82, 2.24) is 0 Å². The minimum absolute atomic E-state index is 1.37. The van der Waals surface area contributed by atoms with Crippen molar-refractivity contribution in [3.05, 3.63) is 0 Å². The molecule has 0 unspecified atom stereocenters. The first kappa shape index (κ1) is 55.8. The van der Waals surface area contributed by atoms with Gasteiger partial charge in [-0.05, 0) is 0 Å². The van der Waals surface area contributed by atoms with Crippen molar-refractivity contribution < 1.29 is 0 Å². The molecule has 0 heterocycles. The van der Waals surface area contributed by atoms with Gasteiger partial charge in [-0.15, -0.1) is 0 Å². The summed E-state index contributed by atoms with van der Waals surface area (Å²) in [4.78, 5) is 0. The van der Waals surface area contributed by atoms with Crippen LogP contribution in [0.25, 0.3) is 0 Å². The van der Waals surface area contributed by atoms with Gasteiger partial charge in [-0.1, -0.05) is 319 Å². The van der Waals surface area contributed by atoms with E-state index < -0.39 is 0 Å². The second-order valence-electron chi connectivity index (χ2n) is 15.7. The van der Waals surface area contributed by atoms with Crippen molar-refractivity contribution in [2.75, 3.05) is 0 Å². The minimum Gasteiger partial charge on any atom is -0.0654 e. The molecule has 0 aliphatic carbocycles. The topological polar surface area (TPSA) is 0 Å². The second kappa shape index (κ2) is 63.1. The van der Waals surface area contributed by atoms with Crippen LogP contribution in [0.4, 0.5) is 0 Å². The lowest BCUT2D eigenvalue weighted by Crippen LogP contribution is -1.82. The van der Waals surface area contributed by atoms with Crippen LogP contribution in [0.15, 0.2) is 0 Å². The van der Waals surface area contributed by atoms with Crippen LogP contribution < -0.4 is 0 Å². The molecule has 0 atom stereocenters. The highest BCUT2D eigenvalue weighted by molar-refractivity contribution is 4.49.